The van der Waals surface area contributed by atoms with Crippen LogP contribution in [0, 0.1) is 5.92 Å². The molecule has 46 heavy (non-hydrogen) atoms. The molecule has 0 aliphatic heterocycles. The zero-order valence-electron chi connectivity index (χ0n) is 27.0. The van der Waals surface area contributed by atoms with Crippen molar-refractivity contribution in [2.24, 2.45) is 22.4 Å². The average molecular weight is 648 g/mol. The van der Waals surface area contributed by atoms with E-state index in [0.717, 1.165) is 5.56 Å². The van der Waals surface area contributed by atoms with Crippen LogP contribution in [0.5, 0.6) is 5.75 Å². The van der Waals surface area contributed by atoms with Crippen LogP contribution in [0.3, 0.4) is 0 Å². The van der Waals surface area contributed by atoms with Gasteiger partial charge >= 0.3 is 0 Å². The van der Waals surface area contributed by atoms with Gasteiger partial charge in [-0.25, -0.2) is 0 Å². The van der Waals surface area contributed by atoms with Gasteiger partial charge in [0, 0.05) is 20.5 Å². The number of nitrogens with zero attached hydrogens (tertiary/aromatic N) is 1. The van der Waals surface area contributed by atoms with E-state index in [2.05, 4.69) is 36.9 Å². The molecule has 0 radical (unpaired) electrons. The zero-order chi connectivity index (χ0) is 34.6. The summed E-state index contributed by atoms with van der Waals surface area (Å²) in [7, 11) is 1.43. The van der Waals surface area contributed by atoms with E-state index in [1.165, 1.54) is 26.1 Å². The van der Waals surface area contributed by atoms with Crippen molar-refractivity contribution in [2.45, 2.75) is 77.4 Å². The molecule has 0 aliphatic rings. The molecular formula is C30H49N9O7. The highest BCUT2D eigenvalue weighted by molar-refractivity contribution is 5.94. The van der Waals surface area contributed by atoms with Crippen LogP contribution in [0.1, 0.15) is 58.4 Å². The highest BCUT2D eigenvalue weighted by atomic mass is 16.3. The van der Waals surface area contributed by atoms with Crippen molar-refractivity contribution in [3.8, 4) is 5.75 Å². The summed E-state index contributed by atoms with van der Waals surface area (Å²) in [6.45, 7) is 4.57. The van der Waals surface area contributed by atoms with E-state index >= 15 is 0 Å². The molecular weight excluding hydrogens is 598 g/mol. The first-order valence-corrected chi connectivity index (χ1v) is 15.2. The Hall–Kier alpha value is -4.89. The van der Waals surface area contributed by atoms with E-state index in [9.17, 15) is 33.9 Å². The first kappa shape index (κ1) is 39.1. The van der Waals surface area contributed by atoms with E-state index < -0.39 is 66.7 Å². The molecule has 6 amide bonds. The molecule has 0 fully saturated rings. The van der Waals surface area contributed by atoms with Gasteiger partial charge in [-0.2, -0.15) is 0 Å². The van der Waals surface area contributed by atoms with Gasteiger partial charge in [-0.05, 0) is 62.1 Å². The lowest BCUT2D eigenvalue weighted by atomic mass is 10.0. The average Bonchev–Trinajstić information content (AvgIpc) is 3.00. The second kappa shape index (κ2) is 21.0. The van der Waals surface area contributed by atoms with Crippen molar-refractivity contribution in [2.75, 3.05) is 26.7 Å². The molecule has 1 rings (SSSR count). The van der Waals surface area contributed by atoms with Gasteiger partial charge in [0.15, 0.2) is 5.96 Å². The number of hydrogen-bond acceptors (Lipinski definition) is 8. The lowest BCUT2D eigenvalue weighted by molar-refractivity contribution is -0.132. The number of rotatable bonds is 20. The monoisotopic (exact) mass is 647 g/mol. The summed E-state index contributed by atoms with van der Waals surface area (Å²) in [5.74, 6) is -3.03. The maximum absolute atomic E-state index is 13.0. The summed E-state index contributed by atoms with van der Waals surface area (Å²) in [5, 5.41) is 24.7. The second-order valence-electron chi connectivity index (χ2n) is 11.2. The van der Waals surface area contributed by atoms with E-state index in [0.29, 0.717) is 19.3 Å². The lowest BCUT2D eigenvalue weighted by Gasteiger charge is -2.21. The van der Waals surface area contributed by atoms with Gasteiger partial charge in [-0.3, -0.25) is 33.8 Å². The van der Waals surface area contributed by atoms with Crippen molar-refractivity contribution < 1.29 is 33.9 Å². The first-order valence-electron chi connectivity index (χ1n) is 15.2. The molecule has 3 atom stereocenters. The Balaban J connectivity index is 2.73. The van der Waals surface area contributed by atoms with E-state index in [1.54, 1.807) is 12.1 Å². The third-order valence-electron chi connectivity index (χ3n) is 6.73. The molecule has 1 aromatic rings. The minimum absolute atomic E-state index is 0.0825. The Morgan fingerprint density at radius 3 is 1.76 bits per heavy atom. The minimum Gasteiger partial charge on any atom is -0.508 e. The summed E-state index contributed by atoms with van der Waals surface area (Å²) < 4.78 is 0. The van der Waals surface area contributed by atoms with Crippen LogP contribution in [-0.4, -0.2) is 91.3 Å². The Kier molecular flexibility index (Phi) is 17.8. The first-order chi connectivity index (χ1) is 21.7. The highest BCUT2D eigenvalue weighted by Gasteiger charge is 2.25. The minimum atomic E-state index is -0.991. The summed E-state index contributed by atoms with van der Waals surface area (Å²) >= 11 is 0. The molecule has 0 aromatic heterocycles. The van der Waals surface area contributed by atoms with Crippen LogP contribution >= 0.6 is 0 Å². The molecule has 1 aromatic carbocycles. The van der Waals surface area contributed by atoms with Crippen LogP contribution in [0.15, 0.2) is 29.3 Å². The van der Waals surface area contributed by atoms with Crippen molar-refractivity contribution >= 4 is 41.4 Å². The number of phenols is 1. The number of amides is 6. The number of nitrogens with one attached hydrogen (secondary N) is 6. The van der Waals surface area contributed by atoms with Gasteiger partial charge < -0.3 is 48.5 Å². The molecule has 16 nitrogen and oxygen atoms in total. The maximum Gasteiger partial charge on any atom is 0.243 e. The van der Waals surface area contributed by atoms with Gasteiger partial charge in [-0.15, -0.1) is 0 Å². The molecule has 16 heteroatoms. The normalized spacial score (nSPS) is 12.5. The number of carbonyl (C=O) groups is 6. The van der Waals surface area contributed by atoms with Crippen LogP contribution in [0.25, 0.3) is 0 Å². The van der Waals surface area contributed by atoms with Crippen molar-refractivity contribution in [1.29, 1.82) is 0 Å². The third kappa shape index (κ3) is 16.8. The Bertz CT molecular complexity index is 1200. The molecule has 0 heterocycles. The SMILES string of the molecule is CNC(=O)C(CCCN=C(N)N)NC(=O)CNC(=O)C(CCC(C)C)NC(=O)CNC(=O)C(CCc1ccc(O)cc1)NC(C)=O. The number of likely N-dealkylation sites (N-methyl/N-ethyl adjacent to an activating group) is 1. The van der Waals surface area contributed by atoms with Gasteiger partial charge in [-0.1, -0.05) is 26.0 Å². The largest absolute Gasteiger partial charge is 0.508 e. The van der Waals surface area contributed by atoms with Gasteiger partial charge in [0.05, 0.1) is 13.1 Å². The predicted molar refractivity (Wildman–Crippen MR) is 172 cm³/mol. The smallest absolute Gasteiger partial charge is 0.243 e. The lowest BCUT2D eigenvalue weighted by Crippen LogP contribution is -2.53. The van der Waals surface area contributed by atoms with Gasteiger partial charge in [0.2, 0.25) is 35.4 Å². The van der Waals surface area contributed by atoms with Crippen molar-refractivity contribution in [3.63, 3.8) is 0 Å². The summed E-state index contributed by atoms with van der Waals surface area (Å²) in [6, 6.07) is 3.67. The van der Waals surface area contributed by atoms with Crippen LogP contribution in [0.4, 0.5) is 0 Å². The van der Waals surface area contributed by atoms with Gasteiger partial charge in [0.1, 0.15) is 23.9 Å². The number of aliphatic imine (C=N–C) groups is 1. The number of phenolic OH excluding ortho intramolecular Hbond substituents is 1. The van der Waals surface area contributed by atoms with Crippen LogP contribution in [-0.2, 0) is 35.2 Å². The molecule has 0 bridgehead atoms. The standard InChI is InChI=1S/C30H49N9O7/c1-18(2)7-13-24(29(46)36-16-25(42)38-22(27(44)33-4)6-5-15-34-30(31)32)39-26(43)17-35-28(45)23(37-19(3)40)14-10-20-8-11-21(41)12-9-20/h8-9,11-12,18,22-24,41H,5-7,10,13-17H2,1-4H3,(H,33,44)(H,35,45)(H,36,46)(H,37,40)(H,38,42)(H,39,43)(H4,31,32,34). The Morgan fingerprint density at radius 1 is 0.761 bits per heavy atom. The molecule has 0 saturated heterocycles. The van der Waals surface area contributed by atoms with E-state index in [1.807, 2.05) is 13.8 Å². The fraction of sp³-hybridized carbons (Fsp3) is 0.567. The fourth-order valence-corrected chi connectivity index (χ4v) is 4.28. The topological polar surface area (TPSA) is 259 Å². The Morgan fingerprint density at radius 2 is 1.28 bits per heavy atom. The van der Waals surface area contributed by atoms with Crippen LogP contribution < -0.4 is 43.4 Å². The predicted octanol–water partition coefficient (Wildman–Crippen LogP) is -1.73. The number of carbonyl (C=O) groups excluding carboxylic acids is 6. The Labute approximate surface area is 269 Å². The summed E-state index contributed by atoms with van der Waals surface area (Å²) in [4.78, 5) is 78.9. The summed E-state index contributed by atoms with van der Waals surface area (Å²) in [6.07, 6.45) is 2.22. The fourth-order valence-electron chi connectivity index (χ4n) is 4.28. The van der Waals surface area contributed by atoms with Gasteiger partial charge in [0.25, 0.3) is 0 Å². The third-order valence-corrected chi connectivity index (χ3v) is 6.73. The molecule has 256 valence electrons. The molecule has 0 aliphatic carbocycles. The van der Waals surface area contributed by atoms with E-state index in [4.69, 9.17) is 11.5 Å². The van der Waals surface area contributed by atoms with Crippen LogP contribution in [0.2, 0.25) is 0 Å². The number of aryl methyl sites for hydroxylation is 1. The number of guanidine groups is 1. The van der Waals surface area contributed by atoms with E-state index in [-0.39, 0.29) is 43.4 Å². The second-order valence-corrected chi connectivity index (χ2v) is 11.2. The van der Waals surface area contributed by atoms with Crippen molar-refractivity contribution in [1.82, 2.24) is 31.9 Å². The highest BCUT2D eigenvalue weighted by Crippen LogP contribution is 2.12. The zero-order valence-corrected chi connectivity index (χ0v) is 27.0. The number of nitrogens with two attached hydrogens (primary N) is 2. The number of benzene rings is 1. The number of hydrogen-bond donors (Lipinski definition) is 9. The summed E-state index contributed by atoms with van der Waals surface area (Å²) in [5.41, 5.74) is 11.4. The number of aromatic hydroxyl groups is 1. The maximum atomic E-state index is 13.0. The molecule has 0 spiro atoms. The molecule has 0 saturated carbocycles. The molecule has 3 unspecified atom stereocenters. The molecule has 11 N–H and O–H groups in total. The van der Waals surface area contributed by atoms with Crippen molar-refractivity contribution in [3.05, 3.63) is 29.8 Å². The quantitative estimate of drug-likeness (QED) is 0.0442.